The van der Waals surface area contributed by atoms with E-state index in [-0.39, 0.29) is 41.4 Å². The van der Waals surface area contributed by atoms with Crippen LogP contribution in [0.15, 0.2) is 24.4 Å². The summed E-state index contributed by atoms with van der Waals surface area (Å²) in [4.78, 5) is 35.7. The van der Waals surface area contributed by atoms with Crippen molar-refractivity contribution in [1.29, 1.82) is 5.26 Å². The van der Waals surface area contributed by atoms with Gasteiger partial charge in [0.1, 0.15) is 18.2 Å². The number of rotatable bonds is 9. The maximum absolute atomic E-state index is 13.0. The van der Waals surface area contributed by atoms with Crippen molar-refractivity contribution in [3.05, 3.63) is 45.6 Å². The quantitative estimate of drug-likeness (QED) is 0.436. The molecule has 1 amide bonds. The van der Waals surface area contributed by atoms with Gasteiger partial charge in [0, 0.05) is 43.4 Å². The van der Waals surface area contributed by atoms with E-state index in [1.165, 1.54) is 31.5 Å². The molecule has 1 aromatic heterocycles. The Labute approximate surface area is 190 Å². The first-order valence-electron chi connectivity index (χ1n) is 10.2. The fourth-order valence-electron chi connectivity index (χ4n) is 3.35. The number of nitro groups is 1. The standard InChI is InChI=1S/C21H25N7O5/c1-26(2)8-9-33-18-10-14(4-5-17(18)28(30)31)20(29)27-7-6-16(13-27)24-21-23-12-15(11-22)19(25-21)32-3/h4-5,10,12,16H,6-9,13H2,1-3H3,(H,23,24,25)/t16-/m1/s1. The Balaban J connectivity index is 1.68. The normalized spacial score (nSPS) is 15.2. The minimum atomic E-state index is -0.527. The maximum Gasteiger partial charge on any atom is 0.310 e. The van der Waals surface area contributed by atoms with Crippen LogP contribution in [-0.4, -0.2) is 84.1 Å². The number of ether oxygens (including phenoxy) is 2. The largest absolute Gasteiger partial charge is 0.485 e. The Kier molecular flexibility index (Phi) is 7.57. The molecule has 2 heterocycles. The van der Waals surface area contributed by atoms with Gasteiger partial charge in [-0.15, -0.1) is 0 Å². The van der Waals surface area contributed by atoms with Gasteiger partial charge in [-0.05, 0) is 26.6 Å². The highest BCUT2D eigenvalue weighted by Crippen LogP contribution is 2.29. The third-order valence-electron chi connectivity index (χ3n) is 5.08. The first kappa shape index (κ1) is 23.7. The SMILES string of the molecule is COc1nc(N[C@@H]2CCN(C(=O)c3ccc([N+](=O)[O-])c(OCCN(C)C)c3)C2)ncc1C#N. The number of likely N-dealkylation sites (N-methyl/N-ethyl adjacent to an activating group) is 1. The molecular formula is C21H25N7O5. The minimum Gasteiger partial charge on any atom is -0.485 e. The van der Waals surface area contributed by atoms with Gasteiger partial charge < -0.3 is 24.6 Å². The second kappa shape index (κ2) is 10.6. The van der Waals surface area contributed by atoms with E-state index in [9.17, 15) is 14.9 Å². The van der Waals surface area contributed by atoms with Gasteiger partial charge in [0.15, 0.2) is 5.75 Å². The van der Waals surface area contributed by atoms with E-state index in [4.69, 9.17) is 14.7 Å². The molecule has 1 aromatic carbocycles. The number of carbonyl (C=O) groups excluding carboxylic acids is 1. The van der Waals surface area contributed by atoms with E-state index in [0.29, 0.717) is 37.6 Å². The molecule has 0 radical (unpaired) electrons. The molecule has 0 aliphatic carbocycles. The molecule has 0 bridgehead atoms. The van der Waals surface area contributed by atoms with Crippen molar-refractivity contribution in [2.45, 2.75) is 12.5 Å². The van der Waals surface area contributed by atoms with Gasteiger partial charge in [-0.1, -0.05) is 0 Å². The van der Waals surface area contributed by atoms with Gasteiger partial charge in [0.05, 0.1) is 18.2 Å². The number of benzene rings is 1. The van der Waals surface area contributed by atoms with E-state index in [1.807, 2.05) is 25.1 Å². The number of methoxy groups -OCH3 is 1. The zero-order valence-electron chi connectivity index (χ0n) is 18.6. The summed E-state index contributed by atoms with van der Waals surface area (Å²) in [5, 5.41) is 23.5. The highest BCUT2D eigenvalue weighted by molar-refractivity contribution is 5.95. The summed E-state index contributed by atoms with van der Waals surface area (Å²) < 4.78 is 10.7. The van der Waals surface area contributed by atoms with Crippen LogP contribution in [0.4, 0.5) is 11.6 Å². The van der Waals surface area contributed by atoms with Crippen molar-refractivity contribution in [3.8, 4) is 17.7 Å². The van der Waals surface area contributed by atoms with Crippen LogP contribution < -0.4 is 14.8 Å². The van der Waals surface area contributed by atoms with Gasteiger partial charge in [-0.2, -0.15) is 10.2 Å². The molecule has 1 fully saturated rings. The lowest BCUT2D eigenvalue weighted by molar-refractivity contribution is -0.385. The summed E-state index contributed by atoms with van der Waals surface area (Å²) in [7, 11) is 5.16. The number of nitro benzene ring substituents is 1. The van der Waals surface area contributed by atoms with Crippen LogP contribution in [0.25, 0.3) is 0 Å². The average Bonchev–Trinajstić information content (AvgIpc) is 3.26. The fourth-order valence-corrected chi connectivity index (χ4v) is 3.35. The second-order valence-corrected chi connectivity index (χ2v) is 7.70. The minimum absolute atomic E-state index is 0.0691. The number of carbonyl (C=O) groups is 1. The van der Waals surface area contributed by atoms with Crippen molar-refractivity contribution in [2.24, 2.45) is 0 Å². The van der Waals surface area contributed by atoms with Gasteiger partial charge in [-0.25, -0.2) is 4.98 Å². The molecule has 0 unspecified atom stereocenters. The van der Waals surface area contributed by atoms with Crippen LogP contribution in [0.2, 0.25) is 0 Å². The number of amides is 1. The third kappa shape index (κ3) is 5.83. The number of nitrogens with zero attached hydrogens (tertiary/aromatic N) is 6. The van der Waals surface area contributed by atoms with E-state index in [2.05, 4.69) is 15.3 Å². The zero-order valence-corrected chi connectivity index (χ0v) is 18.6. The summed E-state index contributed by atoms with van der Waals surface area (Å²) in [6.45, 7) is 1.74. The van der Waals surface area contributed by atoms with E-state index in [0.717, 1.165) is 0 Å². The molecule has 1 aliphatic rings. The van der Waals surface area contributed by atoms with Crippen molar-refractivity contribution in [2.75, 3.05) is 52.8 Å². The topological polar surface area (TPSA) is 147 Å². The van der Waals surface area contributed by atoms with Crippen molar-refractivity contribution in [3.63, 3.8) is 0 Å². The number of nitriles is 1. The number of hydrogen-bond acceptors (Lipinski definition) is 10. The fraction of sp³-hybridized carbons (Fsp3) is 0.429. The number of anilines is 1. The Morgan fingerprint density at radius 1 is 1.45 bits per heavy atom. The Bertz CT molecular complexity index is 1070. The third-order valence-corrected chi connectivity index (χ3v) is 5.08. The van der Waals surface area contributed by atoms with Crippen molar-refractivity contribution < 1.29 is 19.2 Å². The van der Waals surface area contributed by atoms with Crippen LogP contribution >= 0.6 is 0 Å². The summed E-state index contributed by atoms with van der Waals surface area (Å²) in [5.74, 6) is 0.301. The highest BCUT2D eigenvalue weighted by Gasteiger charge is 2.29. The van der Waals surface area contributed by atoms with E-state index in [1.54, 1.807) is 4.90 Å². The molecule has 2 aromatic rings. The molecule has 12 nitrogen and oxygen atoms in total. The molecular weight excluding hydrogens is 430 g/mol. The van der Waals surface area contributed by atoms with Crippen LogP contribution in [0.1, 0.15) is 22.3 Å². The maximum atomic E-state index is 13.0. The summed E-state index contributed by atoms with van der Waals surface area (Å²) >= 11 is 0. The molecule has 0 spiro atoms. The molecule has 33 heavy (non-hydrogen) atoms. The predicted octanol–water partition coefficient (Wildman–Crippen LogP) is 1.53. The molecule has 1 saturated heterocycles. The molecule has 1 atom stereocenters. The molecule has 1 aliphatic heterocycles. The summed E-state index contributed by atoms with van der Waals surface area (Å²) in [5.41, 5.74) is 0.364. The van der Waals surface area contributed by atoms with Gasteiger partial charge in [-0.3, -0.25) is 14.9 Å². The number of likely N-dealkylation sites (tertiary alicyclic amines) is 1. The van der Waals surface area contributed by atoms with Crippen LogP contribution in [0.5, 0.6) is 11.6 Å². The van der Waals surface area contributed by atoms with Crippen LogP contribution in [0, 0.1) is 21.4 Å². The monoisotopic (exact) mass is 455 g/mol. The number of nitrogens with one attached hydrogen (secondary N) is 1. The molecule has 12 heteroatoms. The second-order valence-electron chi connectivity index (χ2n) is 7.70. The molecule has 174 valence electrons. The van der Waals surface area contributed by atoms with E-state index >= 15 is 0 Å². The summed E-state index contributed by atoms with van der Waals surface area (Å²) in [6.07, 6.45) is 2.04. The Morgan fingerprint density at radius 2 is 2.24 bits per heavy atom. The lowest BCUT2D eigenvalue weighted by atomic mass is 10.1. The summed E-state index contributed by atoms with van der Waals surface area (Å²) in [6, 6.07) is 6.01. The number of aromatic nitrogens is 2. The van der Waals surface area contributed by atoms with Gasteiger partial charge in [0.25, 0.3) is 5.91 Å². The molecule has 3 rings (SSSR count). The van der Waals surface area contributed by atoms with Gasteiger partial charge in [0.2, 0.25) is 11.8 Å². The lowest BCUT2D eigenvalue weighted by Crippen LogP contribution is -2.32. The van der Waals surface area contributed by atoms with Crippen LogP contribution in [-0.2, 0) is 0 Å². The molecule has 1 N–H and O–H groups in total. The Hall–Kier alpha value is -3.98. The molecule has 0 saturated carbocycles. The highest BCUT2D eigenvalue weighted by atomic mass is 16.6. The number of hydrogen-bond donors (Lipinski definition) is 1. The van der Waals surface area contributed by atoms with Crippen molar-refractivity contribution in [1.82, 2.24) is 19.8 Å². The Morgan fingerprint density at radius 3 is 2.91 bits per heavy atom. The average molecular weight is 455 g/mol. The van der Waals surface area contributed by atoms with Gasteiger partial charge >= 0.3 is 5.69 Å². The van der Waals surface area contributed by atoms with Crippen molar-refractivity contribution >= 4 is 17.5 Å². The first-order valence-corrected chi connectivity index (χ1v) is 10.2. The van der Waals surface area contributed by atoms with Crippen LogP contribution in [0.3, 0.4) is 0 Å². The predicted molar refractivity (Wildman–Crippen MR) is 118 cm³/mol. The lowest BCUT2D eigenvalue weighted by Gasteiger charge is -2.18. The smallest absolute Gasteiger partial charge is 0.310 e. The zero-order chi connectivity index (χ0) is 24.0. The van der Waals surface area contributed by atoms with E-state index < -0.39 is 4.92 Å². The first-order chi connectivity index (χ1) is 15.8.